The largest absolute Gasteiger partial charge is 0.414 e. The predicted molar refractivity (Wildman–Crippen MR) is 37.6 cm³/mol. The van der Waals surface area contributed by atoms with Gasteiger partial charge in [-0.2, -0.15) is 13.2 Å². The van der Waals surface area contributed by atoms with E-state index in [0.29, 0.717) is 12.8 Å². The van der Waals surface area contributed by atoms with Gasteiger partial charge in [-0.05, 0) is 19.3 Å². The maximum atomic E-state index is 12.1. The summed E-state index contributed by atoms with van der Waals surface area (Å²) < 4.78 is 41.0. The number of hydrogen-bond acceptors (Lipinski definition) is 2. The number of hydrogen-bond donors (Lipinski definition) is 1. The standard InChI is InChI=1S/C7H12F3NO/c8-7(9,10)6-3-1-2-5(4-11)12-6/h5-6H,1-4,11H2. The summed E-state index contributed by atoms with van der Waals surface area (Å²) >= 11 is 0. The molecule has 0 amide bonds. The number of ether oxygens (including phenoxy) is 1. The van der Waals surface area contributed by atoms with Crippen LogP contribution in [0, 0.1) is 0 Å². The lowest BCUT2D eigenvalue weighted by Crippen LogP contribution is -2.41. The summed E-state index contributed by atoms with van der Waals surface area (Å²) in [5, 5.41) is 0. The Morgan fingerprint density at radius 1 is 1.33 bits per heavy atom. The summed E-state index contributed by atoms with van der Waals surface area (Å²) in [5.41, 5.74) is 5.22. The summed E-state index contributed by atoms with van der Waals surface area (Å²) in [5.74, 6) is 0. The van der Waals surface area contributed by atoms with Crippen molar-refractivity contribution in [1.82, 2.24) is 0 Å². The molecule has 5 heteroatoms. The number of nitrogens with two attached hydrogens (primary N) is 1. The van der Waals surface area contributed by atoms with Crippen molar-refractivity contribution in [2.75, 3.05) is 6.54 Å². The molecule has 1 rings (SSSR count). The van der Waals surface area contributed by atoms with E-state index in [1.165, 1.54) is 0 Å². The summed E-state index contributed by atoms with van der Waals surface area (Å²) in [6.07, 6.45) is -4.98. The van der Waals surface area contributed by atoms with Gasteiger partial charge in [0, 0.05) is 6.54 Å². The van der Waals surface area contributed by atoms with Gasteiger partial charge in [0.25, 0.3) is 0 Å². The van der Waals surface area contributed by atoms with Crippen molar-refractivity contribution in [2.24, 2.45) is 5.73 Å². The average Bonchev–Trinajstić information content (AvgIpc) is 2.03. The molecule has 0 aromatic heterocycles. The van der Waals surface area contributed by atoms with Crippen LogP contribution in [0.1, 0.15) is 19.3 Å². The lowest BCUT2D eigenvalue weighted by molar-refractivity contribution is -0.243. The van der Waals surface area contributed by atoms with E-state index in [4.69, 9.17) is 10.5 Å². The van der Waals surface area contributed by atoms with Crippen LogP contribution in [-0.2, 0) is 4.74 Å². The molecule has 2 N–H and O–H groups in total. The van der Waals surface area contributed by atoms with Crippen molar-refractivity contribution in [3.05, 3.63) is 0 Å². The molecule has 1 heterocycles. The van der Waals surface area contributed by atoms with Crippen molar-refractivity contribution < 1.29 is 17.9 Å². The zero-order chi connectivity index (χ0) is 9.19. The minimum atomic E-state index is -4.23. The molecule has 12 heavy (non-hydrogen) atoms. The van der Waals surface area contributed by atoms with Crippen LogP contribution >= 0.6 is 0 Å². The van der Waals surface area contributed by atoms with Gasteiger partial charge < -0.3 is 10.5 Å². The van der Waals surface area contributed by atoms with Gasteiger partial charge in [0.2, 0.25) is 0 Å². The Kier molecular flexibility index (Phi) is 2.95. The summed E-state index contributed by atoms with van der Waals surface area (Å²) in [7, 11) is 0. The summed E-state index contributed by atoms with van der Waals surface area (Å²) in [6.45, 7) is 0.173. The highest BCUT2D eigenvalue weighted by molar-refractivity contribution is 4.76. The molecule has 1 aliphatic heterocycles. The molecular formula is C7H12F3NO. The normalized spacial score (nSPS) is 32.0. The van der Waals surface area contributed by atoms with E-state index < -0.39 is 18.4 Å². The van der Waals surface area contributed by atoms with Gasteiger partial charge in [0.05, 0.1) is 6.10 Å². The second kappa shape index (κ2) is 3.62. The van der Waals surface area contributed by atoms with Crippen LogP contribution in [0.2, 0.25) is 0 Å². The average molecular weight is 183 g/mol. The van der Waals surface area contributed by atoms with Crippen molar-refractivity contribution in [3.63, 3.8) is 0 Å². The van der Waals surface area contributed by atoms with Crippen molar-refractivity contribution >= 4 is 0 Å². The second-order valence-electron chi connectivity index (χ2n) is 2.95. The molecule has 2 atom stereocenters. The third-order valence-corrected chi connectivity index (χ3v) is 1.98. The lowest BCUT2D eigenvalue weighted by atomic mass is 10.0. The van der Waals surface area contributed by atoms with E-state index in [9.17, 15) is 13.2 Å². The van der Waals surface area contributed by atoms with E-state index in [2.05, 4.69) is 0 Å². The highest BCUT2D eigenvalue weighted by Crippen LogP contribution is 2.31. The molecule has 1 aliphatic rings. The first-order valence-electron chi connectivity index (χ1n) is 3.96. The Balaban J connectivity index is 2.46. The van der Waals surface area contributed by atoms with Gasteiger partial charge in [-0.3, -0.25) is 0 Å². The van der Waals surface area contributed by atoms with Gasteiger partial charge in [-0.25, -0.2) is 0 Å². The van der Waals surface area contributed by atoms with Crippen LogP contribution in [0.25, 0.3) is 0 Å². The maximum Gasteiger partial charge on any atom is 0.414 e. The molecular weight excluding hydrogens is 171 g/mol. The van der Waals surface area contributed by atoms with Gasteiger partial charge in [-0.1, -0.05) is 0 Å². The van der Waals surface area contributed by atoms with E-state index in [0.717, 1.165) is 0 Å². The summed E-state index contributed by atoms with van der Waals surface area (Å²) in [6, 6.07) is 0. The second-order valence-corrected chi connectivity index (χ2v) is 2.95. The van der Waals surface area contributed by atoms with Crippen molar-refractivity contribution in [3.8, 4) is 0 Å². The Labute approximate surface area is 68.9 Å². The highest BCUT2D eigenvalue weighted by atomic mass is 19.4. The fourth-order valence-corrected chi connectivity index (χ4v) is 1.31. The number of rotatable bonds is 1. The van der Waals surface area contributed by atoms with E-state index >= 15 is 0 Å². The molecule has 2 unspecified atom stereocenters. The van der Waals surface area contributed by atoms with Crippen LogP contribution in [0.3, 0.4) is 0 Å². The molecule has 1 saturated heterocycles. The Bertz CT molecular complexity index is 148. The molecule has 1 fully saturated rings. The first kappa shape index (κ1) is 9.80. The zero-order valence-corrected chi connectivity index (χ0v) is 6.60. The smallest absolute Gasteiger partial charge is 0.364 e. The number of alkyl halides is 3. The monoisotopic (exact) mass is 183 g/mol. The van der Waals surface area contributed by atoms with Gasteiger partial charge in [0.1, 0.15) is 0 Å². The Morgan fingerprint density at radius 2 is 2.00 bits per heavy atom. The van der Waals surface area contributed by atoms with Gasteiger partial charge >= 0.3 is 6.18 Å². The third kappa shape index (κ3) is 2.35. The topological polar surface area (TPSA) is 35.2 Å². The first-order chi connectivity index (χ1) is 5.54. The van der Waals surface area contributed by atoms with Gasteiger partial charge in [-0.15, -0.1) is 0 Å². The first-order valence-corrected chi connectivity index (χ1v) is 3.96. The highest BCUT2D eigenvalue weighted by Gasteiger charge is 2.43. The minimum Gasteiger partial charge on any atom is -0.364 e. The van der Waals surface area contributed by atoms with Crippen molar-refractivity contribution in [2.45, 2.75) is 37.6 Å². The molecule has 0 saturated carbocycles. The molecule has 0 bridgehead atoms. The van der Waals surface area contributed by atoms with Gasteiger partial charge in [0.15, 0.2) is 6.10 Å². The van der Waals surface area contributed by atoms with Crippen molar-refractivity contribution in [1.29, 1.82) is 0 Å². The minimum absolute atomic E-state index is 0.0694. The van der Waals surface area contributed by atoms with Crippen LogP contribution in [0.15, 0.2) is 0 Å². The Morgan fingerprint density at radius 3 is 2.50 bits per heavy atom. The van der Waals surface area contributed by atoms with E-state index in [1.54, 1.807) is 0 Å². The fourth-order valence-electron chi connectivity index (χ4n) is 1.31. The summed E-state index contributed by atoms with van der Waals surface area (Å²) in [4.78, 5) is 0. The fraction of sp³-hybridized carbons (Fsp3) is 1.00. The molecule has 2 nitrogen and oxygen atoms in total. The number of halogens is 3. The lowest BCUT2D eigenvalue weighted by Gasteiger charge is -2.30. The zero-order valence-electron chi connectivity index (χ0n) is 6.60. The van der Waals surface area contributed by atoms with Crippen LogP contribution in [0.5, 0.6) is 0 Å². The van der Waals surface area contributed by atoms with E-state index in [-0.39, 0.29) is 13.0 Å². The molecule has 0 aromatic carbocycles. The molecule has 0 aliphatic carbocycles. The predicted octanol–water partition coefficient (Wildman–Crippen LogP) is 1.45. The third-order valence-electron chi connectivity index (χ3n) is 1.98. The molecule has 72 valence electrons. The Hall–Kier alpha value is -0.290. The molecule has 0 aromatic rings. The van der Waals surface area contributed by atoms with Crippen LogP contribution in [-0.4, -0.2) is 24.9 Å². The quantitative estimate of drug-likeness (QED) is 0.667. The van der Waals surface area contributed by atoms with Crippen LogP contribution < -0.4 is 5.73 Å². The van der Waals surface area contributed by atoms with Crippen LogP contribution in [0.4, 0.5) is 13.2 Å². The SMILES string of the molecule is NCC1CCCC(C(F)(F)F)O1. The molecule has 0 radical (unpaired) electrons. The van der Waals surface area contributed by atoms with E-state index in [1.807, 2.05) is 0 Å². The maximum absolute atomic E-state index is 12.1. The molecule has 0 spiro atoms.